The minimum absolute atomic E-state index is 0.0211. The molecule has 5 aromatic rings. The molecule has 5 unspecified atom stereocenters. The SMILES string of the molecule is CC1C(CN(C)CC(O)c2cccc(O)c2)OC(c2ccc(-c3cccc(CNC(=O)c4cccnc4)c3)cc2)OC1c1ccc(CO)cc1. The summed E-state index contributed by atoms with van der Waals surface area (Å²) in [6, 6.07) is 34.2. The van der Waals surface area contributed by atoms with E-state index in [9.17, 15) is 20.1 Å². The number of carbonyl (C=O) groups excluding carboxylic acids is 1. The molecule has 5 atom stereocenters. The predicted octanol–water partition coefficient (Wildman–Crippen LogP) is 6.33. The molecular formula is C41H43N3O6. The van der Waals surface area contributed by atoms with Crippen molar-refractivity contribution in [2.24, 2.45) is 5.92 Å². The second kappa shape index (κ2) is 16.2. The van der Waals surface area contributed by atoms with Crippen LogP contribution in [-0.4, -0.2) is 57.4 Å². The number of phenolic OH excluding ortho intramolecular Hbond substituents is 1. The number of benzene rings is 4. The Kier molecular flexibility index (Phi) is 11.3. The summed E-state index contributed by atoms with van der Waals surface area (Å²) >= 11 is 0. The largest absolute Gasteiger partial charge is 0.508 e. The molecule has 1 aliphatic rings. The van der Waals surface area contributed by atoms with Gasteiger partial charge in [-0.3, -0.25) is 9.78 Å². The molecular weight excluding hydrogens is 630 g/mol. The maximum atomic E-state index is 12.5. The topological polar surface area (TPSA) is 124 Å². The minimum atomic E-state index is -0.775. The van der Waals surface area contributed by atoms with E-state index < -0.39 is 12.4 Å². The van der Waals surface area contributed by atoms with Crippen LogP contribution in [0.15, 0.2) is 122 Å². The molecule has 9 nitrogen and oxygen atoms in total. The molecule has 4 aromatic carbocycles. The van der Waals surface area contributed by atoms with Crippen LogP contribution in [0.2, 0.25) is 0 Å². The number of rotatable bonds is 12. The number of pyridine rings is 1. The Morgan fingerprint density at radius 3 is 2.36 bits per heavy atom. The monoisotopic (exact) mass is 673 g/mol. The van der Waals surface area contributed by atoms with Gasteiger partial charge in [-0.1, -0.05) is 85.8 Å². The number of nitrogens with one attached hydrogen (secondary N) is 1. The Bertz CT molecular complexity index is 1850. The third-order valence-electron chi connectivity index (χ3n) is 9.17. The number of amides is 1. The van der Waals surface area contributed by atoms with Gasteiger partial charge < -0.3 is 35.0 Å². The molecule has 0 bridgehead atoms. The molecule has 1 fully saturated rings. The standard InChI is InChI=1S/C41H43N3O6/c1-27-38(25-44(2)24-37(47)34-8-4-10-36(46)21-34)49-41(50-39(27)31-13-11-28(26-45)12-14-31)32-17-15-30(16-18-32)33-7-3-6-29(20-33)22-43-40(48)35-9-5-19-42-23-35/h3-21,23,27,37-39,41,45-47H,22,24-26H2,1-2H3,(H,43,48). The number of phenols is 1. The molecule has 1 amide bonds. The Labute approximate surface area is 292 Å². The van der Waals surface area contributed by atoms with Crippen molar-refractivity contribution in [3.63, 3.8) is 0 Å². The van der Waals surface area contributed by atoms with Gasteiger partial charge >= 0.3 is 0 Å². The van der Waals surface area contributed by atoms with E-state index in [1.54, 1.807) is 48.8 Å². The highest BCUT2D eigenvalue weighted by molar-refractivity contribution is 5.93. The lowest BCUT2D eigenvalue weighted by Gasteiger charge is -2.42. The predicted molar refractivity (Wildman–Crippen MR) is 191 cm³/mol. The number of aromatic nitrogens is 1. The summed E-state index contributed by atoms with van der Waals surface area (Å²) < 4.78 is 13.3. The fraction of sp³-hybridized carbons (Fsp3) is 0.268. The fourth-order valence-corrected chi connectivity index (χ4v) is 6.32. The first-order valence-corrected chi connectivity index (χ1v) is 16.8. The summed E-state index contributed by atoms with van der Waals surface area (Å²) in [5, 5.41) is 33.3. The quantitative estimate of drug-likeness (QED) is 0.121. The van der Waals surface area contributed by atoms with Gasteiger partial charge in [0.25, 0.3) is 5.91 Å². The van der Waals surface area contributed by atoms with Crippen molar-refractivity contribution in [3.05, 3.63) is 155 Å². The van der Waals surface area contributed by atoms with Gasteiger partial charge in [0.05, 0.1) is 30.5 Å². The second-order valence-electron chi connectivity index (χ2n) is 12.9. The van der Waals surface area contributed by atoms with Crippen molar-refractivity contribution >= 4 is 5.91 Å². The number of aromatic hydroxyl groups is 1. The Morgan fingerprint density at radius 1 is 0.880 bits per heavy atom. The van der Waals surface area contributed by atoms with E-state index in [-0.39, 0.29) is 36.4 Å². The molecule has 0 radical (unpaired) electrons. The molecule has 258 valence electrons. The van der Waals surface area contributed by atoms with Crippen LogP contribution in [0.4, 0.5) is 0 Å². The lowest BCUT2D eigenvalue weighted by Crippen LogP contribution is -2.44. The summed E-state index contributed by atoms with van der Waals surface area (Å²) in [7, 11) is 1.95. The smallest absolute Gasteiger partial charge is 0.253 e. The van der Waals surface area contributed by atoms with Crippen LogP contribution < -0.4 is 5.32 Å². The molecule has 0 saturated carbocycles. The van der Waals surface area contributed by atoms with E-state index in [4.69, 9.17) is 9.47 Å². The van der Waals surface area contributed by atoms with Crippen LogP contribution in [0.5, 0.6) is 5.75 Å². The number of nitrogens with zero attached hydrogens (tertiary/aromatic N) is 2. The average molecular weight is 674 g/mol. The van der Waals surface area contributed by atoms with Crippen LogP contribution in [0, 0.1) is 5.92 Å². The summed E-state index contributed by atoms with van der Waals surface area (Å²) in [6.07, 6.45) is 1.28. The zero-order valence-electron chi connectivity index (χ0n) is 28.2. The molecule has 4 N–H and O–H groups in total. The maximum Gasteiger partial charge on any atom is 0.253 e. The number of aliphatic hydroxyl groups is 2. The van der Waals surface area contributed by atoms with Crippen LogP contribution >= 0.6 is 0 Å². The molecule has 9 heteroatoms. The van der Waals surface area contributed by atoms with Crippen molar-refractivity contribution in [2.45, 2.75) is 44.7 Å². The van der Waals surface area contributed by atoms with Crippen molar-refractivity contribution in [2.75, 3.05) is 20.1 Å². The molecule has 2 heterocycles. The summed E-state index contributed by atoms with van der Waals surface area (Å²) in [6.45, 7) is 3.38. The number of carbonyl (C=O) groups is 1. The average Bonchev–Trinajstić information content (AvgIpc) is 3.15. The fourth-order valence-electron chi connectivity index (χ4n) is 6.32. The Hall–Kier alpha value is -4.90. The lowest BCUT2D eigenvalue weighted by molar-refractivity contribution is -0.276. The van der Waals surface area contributed by atoms with Gasteiger partial charge in [-0.25, -0.2) is 0 Å². The van der Waals surface area contributed by atoms with Crippen LogP contribution in [0.25, 0.3) is 11.1 Å². The summed E-state index contributed by atoms with van der Waals surface area (Å²) in [5.74, 6) is -0.0748. The molecule has 1 aromatic heterocycles. The zero-order valence-corrected chi connectivity index (χ0v) is 28.2. The Balaban J connectivity index is 1.17. The lowest BCUT2D eigenvalue weighted by atomic mass is 9.90. The van der Waals surface area contributed by atoms with Crippen molar-refractivity contribution < 1.29 is 29.6 Å². The first-order chi connectivity index (χ1) is 24.3. The number of ether oxygens (including phenoxy) is 2. The van der Waals surface area contributed by atoms with Crippen LogP contribution in [-0.2, 0) is 22.6 Å². The van der Waals surface area contributed by atoms with Crippen molar-refractivity contribution in [1.29, 1.82) is 0 Å². The van der Waals surface area contributed by atoms with E-state index >= 15 is 0 Å². The normalized spacial score (nSPS) is 19.6. The van der Waals surface area contributed by atoms with E-state index in [0.29, 0.717) is 30.8 Å². The maximum absolute atomic E-state index is 12.5. The summed E-state index contributed by atoms with van der Waals surface area (Å²) in [5.41, 5.74) is 6.90. The van der Waals surface area contributed by atoms with Crippen molar-refractivity contribution in [3.8, 4) is 16.9 Å². The molecule has 1 aliphatic heterocycles. The highest BCUT2D eigenvalue weighted by Gasteiger charge is 2.39. The van der Waals surface area contributed by atoms with Crippen LogP contribution in [0.1, 0.15) is 63.6 Å². The van der Waals surface area contributed by atoms with Gasteiger partial charge in [0.1, 0.15) is 5.75 Å². The molecule has 0 spiro atoms. The number of likely N-dealkylation sites (N-methyl/N-ethyl adjacent to an activating group) is 1. The van der Waals surface area contributed by atoms with Gasteiger partial charge in [-0.2, -0.15) is 0 Å². The molecule has 1 saturated heterocycles. The Morgan fingerprint density at radius 2 is 1.64 bits per heavy atom. The van der Waals surface area contributed by atoms with Crippen LogP contribution in [0.3, 0.4) is 0 Å². The number of aliphatic hydroxyl groups excluding tert-OH is 2. The molecule has 50 heavy (non-hydrogen) atoms. The van der Waals surface area contributed by atoms with E-state index in [2.05, 4.69) is 23.3 Å². The van der Waals surface area contributed by atoms with Crippen molar-refractivity contribution in [1.82, 2.24) is 15.2 Å². The van der Waals surface area contributed by atoms with E-state index in [1.807, 2.05) is 78.7 Å². The van der Waals surface area contributed by atoms with Gasteiger partial charge in [0.2, 0.25) is 0 Å². The van der Waals surface area contributed by atoms with E-state index in [1.165, 1.54) is 0 Å². The highest BCUT2D eigenvalue weighted by Crippen LogP contribution is 2.42. The molecule has 0 aliphatic carbocycles. The summed E-state index contributed by atoms with van der Waals surface area (Å²) in [4.78, 5) is 18.6. The second-order valence-corrected chi connectivity index (χ2v) is 12.9. The van der Waals surface area contributed by atoms with E-state index in [0.717, 1.165) is 33.4 Å². The first-order valence-electron chi connectivity index (χ1n) is 16.8. The van der Waals surface area contributed by atoms with Gasteiger partial charge in [0.15, 0.2) is 6.29 Å². The third-order valence-corrected chi connectivity index (χ3v) is 9.17. The zero-order chi connectivity index (χ0) is 35.0. The molecule has 6 rings (SSSR count). The van der Waals surface area contributed by atoms with Gasteiger partial charge in [0, 0.05) is 43.5 Å². The van der Waals surface area contributed by atoms with Gasteiger partial charge in [-0.15, -0.1) is 0 Å². The minimum Gasteiger partial charge on any atom is -0.508 e. The number of hydrogen-bond donors (Lipinski definition) is 4. The number of hydrogen-bond acceptors (Lipinski definition) is 8. The first kappa shape index (κ1) is 34.9. The third kappa shape index (κ3) is 8.63. The highest BCUT2D eigenvalue weighted by atomic mass is 16.7. The van der Waals surface area contributed by atoms with Gasteiger partial charge in [-0.05, 0) is 70.8 Å².